The first-order valence-corrected chi connectivity index (χ1v) is 9.26. The lowest BCUT2D eigenvalue weighted by Crippen LogP contribution is -2.39. The van der Waals surface area contributed by atoms with E-state index in [1.807, 2.05) is 30.3 Å². The normalized spacial score (nSPS) is 27.9. The molecule has 2 bridgehead atoms. The van der Waals surface area contributed by atoms with Crippen molar-refractivity contribution in [2.75, 3.05) is 0 Å². The summed E-state index contributed by atoms with van der Waals surface area (Å²) in [6, 6.07) is 8.97. The largest absolute Gasteiger partial charge is 0.445 e. The lowest BCUT2D eigenvalue weighted by molar-refractivity contribution is 0.0910. The van der Waals surface area contributed by atoms with Gasteiger partial charge in [0.1, 0.15) is 6.61 Å². The van der Waals surface area contributed by atoms with E-state index in [0.717, 1.165) is 12.0 Å². The molecule has 5 nitrogen and oxygen atoms in total. The smallest absolute Gasteiger partial charge is 0.410 e. The summed E-state index contributed by atoms with van der Waals surface area (Å²) in [4.78, 5) is 13.8. The molecule has 3 rings (SSSR count). The Labute approximate surface area is 128 Å². The number of benzene rings is 1. The van der Waals surface area contributed by atoms with Crippen LogP contribution in [0.3, 0.4) is 0 Å². The number of fused-ring (bicyclic) bond motifs is 2. The molecule has 0 spiro atoms. The Morgan fingerprint density at radius 3 is 2.62 bits per heavy atom. The van der Waals surface area contributed by atoms with Crippen molar-refractivity contribution in [2.45, 2.75) is 43.2 Å². The number of amides is 1. The predicted octanol–water partition coefficient (Wildman–Crippen LogP) is 2.50. The number of carbonyl (C=O) groups excluding carboxylic acids is 1. The molecule has 2 saturated heterocycles. The van der Waals surface area contributed by atoms with E-state index in [1.54, 1.807) is 4.90 Å². The third-order valence-electron chi connectivity index (χ3n) is 4.26. The van der Waals surface area contributed by atoms with Crippen LogP contribution in [-0.2, 0) is 20.4 Å². The molecule has 0 aromatic heterocycles. The van der Waals surface area contributed by atoms with Gasteiger partial charge in [-0.3, -0.25) is 0 Å². The minimum atomic E-state index is -3.64. The monoisotopic (exact) mass is 329 g/mol. The van der Waals surface area contributed by atoms with Gasteiger partial charge in [0.25, 0.3) is 0 Å². The van der Waals surface area contributed by atoms with Crippen LogP contribution in [0.5, 0.6) is 0 Å². The Morgan fingerprint density at radius 1 is 1.29 bits per heavy atom. The van der Waals surface area contributed by atoms with Gasteiger partial charge in [-0.15, -0.1) is 0 Å². The van der Waals surface area contributed by atoms with Crippen molar-refractivity contribution in [1.82, 2.24) is 4.90 Å². The minimum Gasteiger partial charge on any atom is -0.445 e. The second kappa shape index (κ2) is 5.50. The Bertz CT molecular complexity index is 634. The molecular weight excluding hydrogens is 314 g/mol. The van der Waals surface area contributed by atoms with Gasteiger partial charge < -0.3 is 9.64 Å². The fourth-order valence-electron chi connectivity index (χ4n) is 3.31. The van der Waals surface area contributed by atoms with Gasteiger partial charge >= 0.3 is 6.09 Å². The molecule has 1 aromatic rings. The van der Waals surface area contributed by atoms with Crippen molar-refractivity contribution in [2.24, 2.45) is 0 Å². The average Bonchev–Trinajstić information content (AvgIpc) is 3.03. The van der Waals surface area contributed by atoms with Gasteiger partial charge in [-0.05, 0) is 24.8 Å². The van der Waals surface area contributed by atoms with Crippen LogP contribution < -0.4 is 0 Å². The first-order valence-electron chi connectivity index (χ1n) is 6.89. The van der Waals surface area contributed by atoms with E-state index >= 15 is 0 Å². The molecule has 1 aromatic carbocycles. The third kappa shape index (κ3) is 2.87. The molecule has 2 aliphatic rings. The summed E-state index contributed by atoms with van der Waals surface area (Å²) in [5.74, 6) is 0. The Hall–Kier alpha value is -1.27. The zero-order valence-electron chi connectivity index (χ0n) is 11.3. The molecule has 0 aliphatic carbocycles. The molecular formula is C14H16ClNO4S. The van der Waals surface area contributed by atoms with Crippen LogP contribution >= 0.6 is 10.7 Å². The molecule has 2 heterocycles. The van der Waals surface area contributed by atoms with Gasteiger partial charge in [-0.25, -0.2) is 13.2 Å². The number of halogens is 1. The Kier molecular flexibility index (Phi) is 3.84. The molecule has 0 N–H and O–H groups in total. The number of hydrogen-bond acceptors (Lipinski definition) is 4. The highest BCUT2D eigenvalue weighted by Gasteiger charge is 2.53. The molecule has 1 amide bonds. The zero-order valence-corrected chi connectivity index (χ0v) is 12.9. The van der Waals surface area contributed by atoms with E-state index in [9.17, 15) is 13.2 Å². The van der Waals surface area contributed by atoms with E-state index < -0.39 is 20.4 Å². The zero-order chi connectivity index (χ0) is 15.0. The van der Waals surface area contributed by atoms with Crippen LogP contribution in [0, 0.1) is 0 Å². The number of hydrogen-bond donors (Lipinski definition) is 0. The second-order valence-electron chi connectivity index (χ2n) is 5.50. The summed E-state index contributed by atoms with van der Waals surface area (Å²) < 4.78 is 28.4. The Balaban J connectivity index is 1.66. The van der Waals surface area contributed by atoms with Crippen molar-refractivity contribution in [1.29, 1.82) is 0 Å². The van der Waals surface area contributed by atoms with Gasteiger partial charge in [0.2, 0.25) is 9.05 Å². The average molecular weight is 330 g/mol. The molecule has 0 saturated carbocycles. The van der Waals surface area contributed by atoms with Crippen molar-refractivity contribution in [3.05, 3.63) is 35.9 Å². The number of nitrogens with zero attached hydrogens (tertiary/aromatic N) is 1. The van der Waals surface area contributed by atoms with Crippen LogP contribution in [0.2, 0.25) is 0 Å². The van der Waals surface area contributed by atoms with Crippen molar-refractivity contribution in [3.8, 4) is 0 Å². The molecule has 0 radical (unpaired) electrons. The molecule has 2 fully saturated rings. The number of carbonyl (C=O) groups is 1. The maximum atomic E-state index is 12.2. The summed E-state index contributed by atoms with van der Waals surface area (Å²) in [6.07, 6.45) is 1.45. The SMILES string of the molecule is O=C(OCc1ccccc1)N1[C@H]2CC[C@H]1[C@@H](S(=O)(=O)Cl)C2. The quantitative estimate of drug-likeness (QED) is 0.799. The number of rotatable bonds is 3. The highest BCUT2D eigenvalue weighted by atomic mass is 35.7. The van der Waals surface area contributed by atoms with Crippen molar-refractivity contribution in [3.63, 3.8) is 0 Å². The fourth-order valence-corrected chi connectivity index (χ4v) is 4.98. The third-order valence-corrected chi connectivity index (χ3v) is 6.17. The van der Waals surface area contributed by atoms with E-state index in [2.05, 4.69) is 0 Å². The maximum absolute atomic E-state index is 12.2. The maximum Gasteiger partial charge on any atom is 0.410 e. The summed E-state index contributed by atoms with van der Waals surface area (Å²) >= 11 is 0. The fraction of sp³-hybridized carbons (Fsp3) is 0.500. The lowest BCUT2D eigenvalue weighted by Gasteiger charge is -2.22. The van der Waals surface area contributed by atoms with Crippen LogP contribution in [0.15, 0.2) is 30.3 Å². The van der Waals surface area contributed by atoms with Crippen molar-refractivity contribution < 1.29 is 17.9 Å². The second-order valence-corrected chi connectivity index (χ2v) is 8.34. The van der Waals surface area contributed by atoms with Gasteiger partial charge in [0.15, 0.2) is 0 Å². The first-order chi connectivity index (χ1) is 9.97. The van der Waals surface area contributed by atoms with Crippen LogP contribution in [0.25, 0.3) is 0 Å². The summed E-state index contributed by atoms with van der Waals surface area (Å²) in [6.45, 7) is 0.188. The highest BCUT2D eigenvalue weighted by Crippen LogP contribution is 2.42. The molecule has 0 unspecified atom stereocenters. The molecule has 21 heavy (non-hydrogen) atoms. The summed E-state index contributed by atoms with van der Waals surface area (Å²) in [5.41, 5.74) is 0.902. The first kappa shape index (κ1) is 14.7. The van der Waals surface area contributed by atoms with Crippen molar-refractivity contribution >= 4 is 25.8 Å². The minimum absolute atomic E-state index is 0.0724. The summed E-state index contributed by atoms with van der Waals surface area (Å²) in [5, 5.41) is -0.665. The van der Waals surface area contributed by atoms with E-state index in [4.69, 9.17) is 15.4 Å². The lowest BCUT2D eigenvalue weighted by atomic mass is 10.0. The molecule has 7 heteroatoms. The summed E-state index contributed by atoms with van der Waals surface area (Å²) in [7, 11) is 1.83. The number of ether oxygens (including phenoxy) is 1. The van der Waals surface area contributed by atoms with E-state index in [1.165, 1.54) is 0 Å². The van der Waals surface area contributed by atoms with E-state index in [0.29, 0.717) is 12.8 Å². The molecule has 2 aliphatic heterocycles. The van der Waals surface area contributed by atoms with Crippen LogP contribution in [0.4, 0.5) is 4.79 Å². The molecule has 114 valence electrons. The van der Waals surface area contributed by atoms with Gasteiger partial charge in [-0.2, -0.15) is 0 Å². The van der Waals surface area contributed by atoms with Gasteiger partial charge in [-0.1, -0.05) is 30.3 Å². The Morgan fingerprint density at radius 2 is 2.00 bits per heavy atom. The van der Waals surface area contributed by atoms with Crippen LogP contribution in [0.1, 0.15) is 24.8 Å². The van der Waals surface area contributed by atoms with E-state index in [-0.39, 0.29) is 18.7 Å². The predicted molar refractivity (Wildman–Crippen MR) is 78.5 cm³/mol. The topological polar surface area (TPSA) is 63.7 Å². The van der Waals surface area contributed by atoms with Gasteiger partial charge in [0.05, 0.1) is 11.3 Å². The van der Waals surface area contributed by atoms with Crippen LogP contribution in [-0.4, -0.2) is 36.7 Å². The standard InChI is InChI=1S/C14H16ClNO4S/c15-21(18,19)13-8-11-6-7-12(13)16(11)14(17)20-9-10-4-2-1-3-5-10/h1-5,11-13H,6-9H2/t11-,12-,13-/m0/s1. The van der Waals surface area contributed by atoms with Gasteiger partial charge in [0, 0.05) is 16.7 Å². The highest BCUT2D eigenvalue weighted by molar-refractivity contribution is 8.14. The molecule has 3 atom stereocenters.